The van der Waals surface area contributed by atoms with Crippen molar-refractivity contribution in [2.45, 2.75) is 6.61 Å². The maximum atomic E-state index is 12.9. The molecule has 0 atom stereocenters. The minimum Gasteiger partial charge on any atom is -0.497 e. The molecular formula is C29H23Cl2NO7. The number of anilines is 1. The molecule has 0 fully saturated rings. The highest BCUT2D eigenvalue weighted by molar-refractivity contribution is 6.39. The maximum Gasteiger partial charge on any atom is 0.339 e. The molecule has 0 heterocycles. The summed E-state index contributed by atoms with van der Waals surface area (Å²) in [4.78, 5) is 37.6. The minimum absolute atomic E-state index is 0.0371. The molecule has 0 aliphatic heterocycles. The topological polar surface area (TPSA) is 100 Å². The summed E-state index contributed by atoms with van der Waals surface area (Å²) >= 11 is 12.6. The lowest BCUT2D eigenvalue weighted by molar-refractivity contribution is -0.118. The van der Waals surface area contributed by atoms with E-state index in [4.69, 9.17) is 42.1 Å². The molecule has 200 valence electrons. The summed E-state index contributed by atoms with van der Waals surface area (Å²) in [5.74, 6) is -0.875. The Morgan fingerprint density at radius 1 is 0.872 bits per heavy atom. The number of benzene rings is 4. The molecule has 1 amide bonds. The third-order valence-corrected chi connectivity index (χ3v) is 6.18. The number of nitrogens with one attached hydrogen (secondary N) is 1. The van der Waals surface area contributed by atoms with E-state index in [1.807, 2.05) is 0 Å². The van der Waals surface area contributed by atoms with Crippen molar-refractivity contribution in [1.29, 1.82) is 0 Å². The average molecular weight is 568 g/mol. The van der Waals surface area contributed by atoms with Crippen LogP contribution in [0.4, 0.5) is 5.69 Å². The molecule has 10 heteroatoms. The number of methoxy groups -OCH3 is 2. The highest BCUT2D eigenvalue weighted by Crippen LogP contribution is 2.36. The highest BCUT2D eigenvalue weighted by Gasteiger charge is 2.18. The fourth-order valence-electron chi connectivity index (χ4n) is 3.79. The zero-order valence-electron chi connectivity index (χ0n) is 21.0. The largest absolute Gasteiger partial charge is 0.497 e. The van der Waals surface area contributed by atoms with E-state index in [9.17, 15) is 14.4 Å². The Labute approximate surface area is 234 Å². The molecule has 0 saturated carbocycles. The molecule has 4 aromatic carbocycles. The molecule has 0 spiro atoms. The zero-order valence-corrected chi connectivity index (χ0v) is 22.5. The number of carbonyl (C=O) groups excluding carboxylic acids is 3. The first-order chi connectivity index (χ1) is 18.8. The number of hydrogen-bond acceptors (Lipinski definition) is 7. The molecule has 0 aliphatic carbocycles. The second-order valence-corrected chi connectivity index (χ2v) is 9.10. The summed E-state index contributed by atoms with van der Waals surface area (Å²) in [6.07, 6.45) is 0. The fourth-order valence-corrected chi connectivity index (χ4v) is 4.39. The van der Waals surface area contributed by atoms with Gasteiger partial charge in [0.15, 0.2) is 6.61 Å². The molecule has 4 aromatic rings. The van der Waals surface area contributed by atoms with Crippen LogP contribution in [0, 0.1) is 0 Å². The van der Waals surface area contributed by atoms with Gasteiger partial charge >= 0.3 is 11.9 Å². The fraction of sp³-hybridized carbons (Fsp3) is 0.138. The molecule has 0 aromatic heterocycles. The van der Waals surface area contributed by atoms with Crippen LogP contribution < -0.4 is 14.8 Å². The first kappa shape index (κ1) is 27.8. The Balaban J connectivity index is 1.54. The van der Waals surface area contributed by atoms with Gasteiger partial charge in [0, 0.05) is 10.4 Å². The maximum absolute atomic E-state index is 12.9. The van der Waals surface area contributed by atoms with Gasteiger partial charge in [-0.2, -0.15) is 0 Å². The molecule has 0 unspecified atom stereocenters. The van der Waals surface area contributed by atoms with Gasteiger partial charge in [0.05, 0.1) is 36.1 Å². The standard InChI is InChI=1S/C29H23Cl2NO7/c1-36-21-9-7-17(8-10-21)15-39-28(34)19-11-18-12-20(30)14-23(31)27(18)25(13-19)38-16-26(33)32-24-6-4-3-5-22(24)29(35)37-2/h3-14H,15-16H2,1-2H3,(H,32,33). The highest BCUT2D eigenvalue weighted by atomic mass is 35.5. The summed E-state index contributed by atoms with van der Waals surface area (Å²) in [7, 11) is 2.82. The number of rotatable bonds is 9. The monoisotopic (exact) mass is 567 g/mol. The van der Waals surface area contributed by atoms with Crippen molar-refractivity contribution < 1.29 is 33.3 Å². The third-order valence-electron chi connectivity index (χ3n) is 5.66. The molecule has 1 N–H and O–H groups in total. The van der Waals surface area contributed by atoms with E-state index in [1.165, 1.54) is 25.3 Å². The summed E-state index contributed by atoms with van der Waals surface area (Å²) in [5.41, 5.74) is 1.42. The van der Waals surface area contributed by atoms with Crippen molar-refractivity contribution in [3.05, 3.63) is 99.5 Å². The number of hydrogen-bond donors (Lipinski definition) is 1. The van der Waals surface area contributed by atoms with Crippen molar-refractivity contribution in [3.63, 3.8) is 0 Å². The predicted molar refractivity (Wildman–Crippen MR) is 148 cm³/mol. The van der Waals surface area contributed by atoms with Gasteiger partial charge in [-0.1, -0.05) is 47.5 Å². The van der Waals surface area contributed by atoms with Gasteiger partial charge in [-0.05, 0) is 59.5 Å². The molecule has 8 nitrogen and oxygen atoms in total. The number of carbonyl (C=O) groups is 3. The van der Waals surface area contributed by atoms with Crippen LogP contribution >= 0.6 is 23.2 Å². The molecule has 0 aliphatic rings. The number of fused-ring (bicyclic) bond motifs is 1. The number of ether oxygens (including phenoxy) is 4. The zero-order chi connectivity index (χ0) is 27.9. The lowest BCUT2D eigenvalue weighted by atomic mass is 10.1. The SMILES string of the molecule is COC(=O)c1ccccc1NC(=O)COc1cc(C(=O)OCc2ccc(OC)cc2)cc2cc(Cl)cc(Cl)c12. The smallest absolute Gasteiger partial charge is 0.339 e. The van der Waals surface area contributed by atoms with Crippen LogP contribution in [0.1, 0.15) is 26.3 Å². The molecule has 0 bridgehead atoms. The van der Waals surface area contributed by atoms with Crippen molar-refractivity contribution >= 4 is 57.5 Å². The third kappa shape index (κ3) is 6.79. The van der Waals surface area contributed by atoms with E-state index in [-0.39, 0.29) is 34.2 Å². The molecule has 0 radical (unpaired) electrons. The number of amides is 1. The summed E-state index contributed by atoms with van der Waals surface area (Å²) in [5, 5.41) is 4.27. The predicted octanol–water partition coefficient (Wildman–Crippen LogP) is 6.32. The lowest BCUT2D eigenvalue weighted by Gasteiger charge is -2.14. The summed E-state index contributed by atoms with van der Waals surface area (Å²) < 4.78 is 21.2. The Morgan fingerprint density at radius 2 is 1.62 bits per heavy atom. The molecule has 39 heavy (non-hydrogen) atoms. The van der Waals surface area contributed by atoms with Crippen LogP contribution in [-0.2, 0) is 20.9 Å². The Morgan fingerprint density at radius 3 is 2.33 bits per heavy atom. The van der Waals surface area contributed by atoms with Gasteiger partial charge in [-0.3, -0.25) is 4.79 Å². The van der Waals surface area contributed by atoms with E-state index >= 15 is 0 Å². The van der Waals surface area contributed by atoms with Crippen molar-refractivity contribution in [2.75, 3.05) is 26.1 Å². The molecule has 4 rings (SSSR count). The van der Waals surface area contributed by atoms with E-state index in [1.54, 1.807) is 61.7 Å². The number of para-hydroxylation sites is 1. The van der Waals surface area contributed by atoms with Crippen LogP contribution in [0.5, 0.6) is 11.5 Å². The van der Waals surface area contributed by atoms with Gasteiger partial charge in [0.1, 0.15) is 18.1 Å². The van der Waals surface area contributed by atoms with Crippen molar-refractivity contribution in [1.82, 2.24) is 0 Å². The first-order valence-electron chi connectivity index (χ1n) is 11.6. The molecule has 0 saturated heterocycles. The van der Waals surface area contributed by atoms with Gasteiger partial charge in [0.2, 0.25) is 0 Å². The Bertz CT molecular complexity index is 1540. The van der Waals surface area contributed by atoms with Crippen molar-refractivity contribution in [2.24, 2.45) is 0 Å². The normalized spacial score (nSPS) is 10.6. The van der Waals surface area contributed by atoms with Crippen LogP contribution in [0.25, 0.3) is 10.8 Å². The summed E-state index contributed by atoms with van der Waals surface area (Å²) in [6.45, 7) is -0.400. The second-order valence-electron chi connectivity index (χ2n) is 8.26. The number of esters is 2. The van der Waals surface area contributed by atoms with Crippen molar-refractivity contribution in [3.8, 4) is 11.5 Å². The van der Waals surface area contributed by atoms with E-state index in [0.717, 1.165) is 5.56 Å². The second kappa shape index (κ2) is 12.5. The van der Waals surface area contributed by atoms with Gasteiger partial charge in [0.25, 0.3) is 5.91 Å². The van der Waals surface area contributed by atoms with Gasteiger partial charge < -0.3 is 24.3 Å². The van der Waals surface area contributed by atoms with Crippen LogP contribution in [0.15, 0.2) is 72.8 Å². The van der Waals surface area contributed by atoms with Gasteiger partial charge in [-0.25, -0.2) is 9.59 Å². The number of halogens is 2. The van der Waals surface area contributed by atoms with Gasteiger partial charge in [-0.15, -0.1) is 0 Å². The average Bonchev–Trinajstić information content (AvgIpc) is 2.94. The van der Waals surface area contributed by atoms with E-state index < -0.39 is 24.5 Å². The quantitative estimate of drug-likeness (QED) is 0.236. The molecular weight excluding hydrogens is 545 g/mol. The van der Waals surface area contributed by atoms with E-state index in [0.29, 0.717) is 21.5 Å². The van der Waals surface area contributed by atoms with Crippen LogP contribution in [0.3, 0.4) is 0 Å². The van der Waals surface area contributed by atoms with Crippen LogP contribution in [0.2, 0.25) is 10.0 Å². The summed E-state index contributed by atoms with van der Waals surface area (Å²) in [6, 6.07) is 19.7. The Kier molecular flexibility index (Phi) is 8.91. The van der Waals surface area contributed by atoms with Crippen LogP contribution in [-0.4, -0.2) is 38.7 Å². The lowest BCUT2D eigenvalue weighted by Crippen LogP contribution is -2.22. The minimum atomic E-state index is -0.606. The first-order valence-corrected chi connectivity index (χ1v) is 12.4. The Hall–Kier alpha value is -4.27. The van der Waals surface area contributed by atoms with E-state index in [2.05, 4.69) is 5.32 Å².